The Kier molecular flexibility index (Phi) is 18.3. The fourth-order valence-corrected chi connectivity index (χ4v) is 3.87. The molecule has 0 heterocycles. The van der Waals surface area contributed by atoms with E-state index in [1.54, 1.807) is 0 Å². The maximum atomic E-state index is 2.51. The van der Waals surface area contributed by atoms with Crippen LogP contribution in [0.1, 0.15) is 137 Å². The minimum atomic E-state index is 0.957. The predicted octanol–water partition coefficient (Wildman–Crippen LogP) is 8.93. The van der Waals surface area contributed by atoms with E-state index in [0.29, 0.717) is 0 Å². The van der Waals surface area contributed by atoms with Crippen molar-refractivity contribution in [3.63, 3.8) is 0 Å². The Hall–Kier alpha value is 0. The molecule has 0 N–H and O–H groups in total. The Bertz CT molecular complexity index is 208. The van der Waals surface area contributed by atoms with Crippen molar-refractivity contribution in [2.75, 3.05) is 0 Å². The van der Waals surface area contributed by atoms with Gasteiger partial charge in [-0.2, -0.15) is 0 Å². The fraction of sp³-hybridized carbons (Fsp3) is 1.00. The molecule has 0 radical (unpaired) electrons. The third kappa shape index (κ3) is 16.6. The second-order valence-electron chi connectivity index (χ2n) is 8.11. The predicted molar refractivity (Wildman–Crippen MR) is 108 cm³/mol. The van der Waals surface area contributed by atoms with Crippen LogP contribution in [0.3, 0.4) is 0 Å². The highest BCUT2D eigenvalue weighted by Crippen LogP contribution is 2.27. The Morgan fingerprint density at radius 2 is 0.913 bits per heavy atom. The molecule has 0 aromatic rings. The van der Waals surface area contributed by atoms with Crippen molar-refractivity contribution in [2.45, 2.75) is 137 Å². The first-order valence-corrected chi connectivity index (χ1v) is 11.2. The lowest BCUT2D eigenvalue weighted by molar-refractivity contribution is 0.315. The summed E-state index contributed by atoms with van der Waals surface area (Å²) in [4.78, 5) is 0. The van der Waals surface area contributed by atoms with Crippen molar-refractivity contribution in [1.29, 1.82) is 0 Å². The first kappa shape index (κ1) is 23.0. The van der Waals surface area contributed by atoms with E-state index in [4.69, 9.17) is 0 Å². The SMILES string of the molecule is CCCCCCCCC(CCCC)CC(C)CCCCCCC. The van der Waals surface area contributed by atoms with Crippen LogP contribution >= 0.6 is 0 Å². The summed E-state index contributed by atoms with van der Waals surface area (Å²) in [5, 5.41) is 0. The van der Waals surface area contributed by atoms with Gasteiger partial charge in [-0.3, -0.25) is 0 Å². The number of unbranched alkanes of at least 4 members (excludes halogenated alkanes) is 10. The zero-order valence-electron chi connectivity index (χ0n) is 17.2. The van der Waals surface area contributed by atoms with E-state index in [1.807, 2.05) is 0 Å². The second-order valence-corrected chi connectivity index (χ2v) is 8.11. The molecule has 0 aliphatic heterocycles. The molecule has 0 aromatic heterocycles. The van der Waals surface area contributed by atoms with Gasteiger partial charge < -0.3 is 0 Å². The van der Waals surface area contributed by atoms with Crippen LogP contribution in [-0.4, -0.2) is 0 Å². The molecule has 140 valence electrons. The van der Waals surface area contributed by atoms with Crippen molar-refractivity contribution in [2.24, 2.45) is 11.8 Å². The zero-order valence-corrected chi connectivity index (χ0v) is 17.2. The summed E-state index contributed by atoms with van der Waals surface area (Å²) in [6.45, 7) is 9.48. The van der Waals surface area contributed by atoms with Crippen molar-refractivity contribution < 1.29 is 0 Å². The zero-order chi connectivity index (χ0) is 17.2. The maximum absolute atomic E-state index is 2.51. The molecule has 0 spiro atoms. The Morgan fingerprint density at radius 3 is 1.48 bits per heavy atom. The minimum Gasteiger partial charge on any atom is -0.0654 e. The van der Waals surface area contributed by atoms with Gasteiger partial charge in [-0.15, -0.1) is 0 Å². The van der Waals surface area contributed by atoms with Crippen LogP contribution in [0.5, 0.6) is 0 Å². The van der Waals surface area contributed by atoms with Gasteiger partial charge in [-0.05, 0) is 18.3 Å². The molecular formula is C23H48. The van der Waals surface area contributed by atoms with Gasteiger partial charge in [-0.1, -0.05) is 130 Å². The number of rotatable bonds is 18. The quantitative estimate of drug-likeness (QED) is 0.221. The topological polar surface area (TPSA) is 0 Å². The van der Waals surface area contributed by atoms with E-state index in [-0.39, 0.29) is 0 Å². The van der Waals surface area contributed by atoms with Gasteiger partial charge in [0.1, 0.15) is 0 Å². The van der Waals surface area contributed by atoms with E-state index in [2.05, 4.69) is 27.7 Å². The average Bonchev–Trinajstić information content (AvgIpc) is 2.55. The van der Waals surface area contributed by atoms with Crippen molar-refractivity contribution in [1.82, 2.24) is 0 Å². The molecule has 0 bridgehead atoms. The summed E-state index contributed by atoms with van der Waals surface area (Å²) in [7, 11) is 0. The van der Waals surface area contributed by atoms with Crippen LogP contribution in [0, 0.1) is 11.8 Å². The lowest BCUT2D eigenvalue weighted by atomic mass is 9.85. The lowest BCUT2D eigenvalue weighted by Crippen LogP contribution is -2.07. The highest BCUT2D eigenvalue weighted by atomic mass is 14.2. The monoisotopic (exact) mass is 324 g/mol. The molecule has 0 heteroatoms. The lowest BCUT2D eigenvalue weighted by Gasteiger charge is -2.21. The summed E-state index contributed by atoms with van der Waals surface area (Å²) in [5.74, 6) is 1.98. The smallest absolute Gasteiger partial charge is 0.0412 e. The third-order valence-electron chi connectivity index (χ3n) is 5.47. The largest absolute Gasteiger partial charge is 0.0654 e. The molecule has 2 atom stereocenters. The van der Waals surface area contributed by atoms with Crippen LogP contribution in [0.2, 0.25) is 0 Å². The molecule has 0 saturated carbocycles. The molecule has 0 aliphatic carbocycles. The van der Waals surface area contributed by atoms with Crippen LogP contribution in [-0.2, 0) is 0 Å². The highest BCUT2D eigenvalue weighted by Gasteiger charge is 2.13. The van der Waals surface area contributed by atoms with Crippen LogP contribution in [0.25, 0.3) is 0 Å². The molecule has 0 aliphatic rings. The summed E-state index contributed by atoms with van der Waals surface area (Å²) in [6.07, 6.45) is 24.7. The van der Waals surface area contributed by atoms with Gasteiger partial charge in [0.15, 0.2) is 0 Å². The fourth-order valence-electron chi connectivity index (χ4n) is 3.87. The van der Waals surface area contributed by atoms with Gasteiger partial charge >= 0.3 is 0 Å². The van der Waals surface area contributed by atoms with E-state index in [9.17, 15) is 0 Å². The van der Waals surface area contributed by atoms with E-state index in [1.165, 1.54) is 109 Å². The first-order chi connectivity index (χ1) is 11.2. The van der Waals surface area contributed by atoms with E-state index in [0.717, 1.165) is 11.8 Å². The highest BCUT2D eigenvalue weighted by molar-refractivity contribution is 4.65. The maximum Gasteiger partial charge on any atom is -0.0412 e. The molecule has 0 rings (SSSR count). The van der Waals surface area contributed by atoms with Gasteiger partial charge in [0.25, 0.3) is 0 Å². The summed E-state index contributed by atoms with van der Waals surface area (Å²) < 4.78 is 0. The standard InChI is InChI=1S/C23H48/c1-5-8-11-13-15-17-20-23(19-10-7-3)21-22(4)18-16-14-12-9-6-2/h22-23H,5-21H2,1-4H3. The van der Waals surface area contributed by atoms with Crippen LogP contribution in [0.15, 0.2) is 0 Å². The van der Waals surface area contributed by atoms with Crippen molar-refractivity contribution in [3.05, 3.63) is 0 Å². The Balaban J connectivity index is 3.79. The number of hydrogen-bond acceptors (Lipinski definition) is 0. The third-order valence-corrected chi connectivity index (χ3v) is 5.47. The van der Waals surface area contributed by atoms with Gasteiger partial charge in [-0.25, -0.2) is 0 Å². The summed E-state index contributed by atoms with van der Waals surface area (Å²) >= 11 is 0. The number of hydrogen-bond donors (Lipinski definition) is 0. The summed E-state index contributed by atoms with van der Waals surface area (Å²) in [5.41, 5.74) is 0. The Labute approximate surface area is 149 Å². The molecule has 0 saturated heterocycles. The molecule has 0 aromatic carbocycles. The average molecular weight is 325 g/mol. The van der Waals surface area contributed by atoms with Crippen LogP contribution in [0.4, 0.5) is 0 Å². The van der Waals surface area contributed by atoms with Crippen molar-refractivity contribution >= 4 is 0 Å². The van der Waals surface area contributed by atoms with Gasteiger partial charge in [0.05, 0.1) is 0 Å². The van der Waals surface area contributed by atoms with E-state index < -0.39 is 0 Å². The van der Waals surface area contributed by atoms with E-state index >= 15 is 0 Å². The molecule has 0 fully saturated rings. The second kappa shape index (κ2) is 18.3. The van der Waals surface area contributed by atoms with Crippen LogP contribution < -0.4 is 0 Å². The van der Waals surface area contributed by atoms with Gasteiger partial charge in [0.2, 0.25) is 0 Å². The summed E-state index contributed by atoms with van der Waals surface area (Å²) in [6, 6.07) is 0. The van der Waals surface area contributed by atoms with Crippen molar-refractivity contribution in [3.8, 4) is 0 Å². The molecule has 2 unspecified atom stereocenters. The minimum absolute atomic E-state index is 0.957. The normalized spacial score (nSPS) is 14.1. The molecule has 0 nitrogen and oxygen atoms in total. The Morgan fingerprint density at radius 1 is 0.478 bits per heavy atom. The first-order valence-electron chi connectivity index (χ1n) is 11.2. The molecule has 23 heavy (non-hydrogen) atoms. The van der Waals surface area contributed by atoms with Gasteiger partial charge in [0, 0.05) is 0 Å². The molecular weight excluding hydrogens is 276 g/mol. The molecule has 0 amide bonds.